The van der Waals surface area contributed by atoms with Crippen LogP contribution in [0.2, 0.25) is 0 Å². The highest BCUT2D eigenvalue weighted by atomic mass is 16.6. The first-order valence-corrected chi connectivity index (χ1v) is 23.2. The maximum Gasteiger partial charge on any atom is 0.252 e. The van der Waals surface area contributed by atoms with Gasteiger partial charge >= 0.3 is 0 Å². The van der Waals surface area contributed by atoms with Crippen LogP contribution < -0.4 is 31.1 Å². The first-order chi connectivity index (χ1) is 31.7. The van der Waals surface area contributed by atoms with E-state index in [-0.39, 0.29) is 12.1 Å². The van der Waals surface area contributed by atoms with Gasteiger partial charge in [0.15, 0.2) is 58.6 Å². The molecule has 4 saturated heterocycles. The monoisotopic (exact) mass is 921 g/mol. The summed E-state index contributed by atoms with van der Waals surface area (Å²) in [6.45, 7) is 7.16. The smallest absolute Gasteiger partial charge is 0.252 e. The molecule has 10 atom stereocenters. The molecule has 5 aliphatic rings. The zero-order valence-electron chi connectivity index (χ0n) is 38.4. The molecule has 24 heteroatoms. The number of aromatic nitrogens is 8. The highest BCUT2D eigenvalue weighted by molar-refractivity contribution is 5.86. The van der Waals surface area contributed by atoms with Crippen molar-refractivity contribution in [3.8, 4) is 0 Å². The molecule has 360 valence electrons. The van der Waals surface area contributed by atoms with Gasteiger partial charge in [0.1, 0.15) is 24.4 Å². The molecule has 0 spiro atoms. The number of hydrogen-bond acceptors (Lipinski definition) is 20. The fourth-order valence-corrected chi connectivity index (χ4v) is 9.89. The fourth-order valence-electron chi connectivity index (χ4n) is 9.89. The molecule has 2 amide bonds. The highest BCUT2D eigenvalue weighted by Crippen LogP contribution is 2.37. The first-order valence-electron chi connectivity index (χ1n) is 23.2. The van der Waals surface area contributed by atoms with Crippen LogP contribution in [0.4, 0.5) is 23.5 Å². The number of nitrogens with one attached hydrogen (secondary N) is 4. The number of nitrogens with zero attached hydrogens (tertiary/aromatic N) is 12. The second-order valence-corrected chi connectivity index (χ2v) is 18.6. The van der Waals surface area contributed by atoms with E-state index in [2.05, 4.69) is 69.1 Å². The summed E-state index contributed by atoms with van der Waals surface area (Å²) in [7, 11) is 8.23. The van der Waals surface area contributed by atoms with Crippen LogP contribution in [0.25, 0.3) is 22.3 Å². The van der Waals surface area contributed by atoms with Gasteiger partial charge in [0.25, 0.3) is 11.8 Å². The molecule has 0 bridgehead atoms. The minimum atomic E-state index is -1.45. The van der Waals surface area contributed by atoms with Crippen LogP contribution >= 0.6 is 0 Å². The van der Waals surface area contributed by atoms with E-state index >= 15 is 0 Å². The van der Waals surface area contributed by atoms with Gasteiger partial charge in [-0.2, -0.15) is 19.9 Å². The quantitative estimate of drug-likeness (QED) is 0.0722. The summed E-state index contributed by atoms with van der Waals surface area (Å²) in [4.78, 5) is 63.5. The molecule has 66 heavy (non-hydrogen) atoms. The number of fused-ring (bicyclic) bond motifs is 2. The van der Waals surface area contributed by atoms with Crippen molar-refractivity contribution < 1.29 is 39.5 Å². The van der Waals surface area contributed by atoms with Crippen molar-refractivity contribution >= 4 is 57.7 Å². The Labute approximate surface area is 382 Å². The molecule has 4 aliphatic heterocycles. The summed E-state index contributed by atoms with van der Waals surface area (Å²) in [6.07, 6.45) is -2.54. The number of carbonyl (C=O) groups excluding carboxylic acids is 2. The number of aliphatic hydroxyl groups excluding tert-OH is 4. The average Bonchev–Trinajstić information content (AvgIpc) is 4.17. The average molecular weight is 921 g/mol. The molecule has 5 fully saturated rings. The maximum absolute atomic E-state index is 12.7. The zero-order valence-corrected chi connectivity index (χ0v) is 38.4. The van der Waals surface area contributed by atoms with Gasteiger partial charge in [-0.15, -0.1) is 0 Å². The Morgan fingerprint density at radius 2 is 1.02 bits per heavy atom. The van der Waals surface area contributed by atoms with Crippen molar-refractivity contribution in [2.75, 3.05) is 87.9 Å². The largest absolute Gasteiger partial charge is 0.387 e. The van der Waals surface area contributed by atoms with Gasteiger partial charge < -0.3 is 70.8 Å². The van der Waals surface area contributed by atoms with E-state index in [0.717, 1.165) is 64.7 Å². The number of aliphatic hydroxyl groups is 4. The van der Waals surface area contributed by atoms with E-state index in [0.29, 0.717) is 71.0 Å². The zero-order chi connectivity index (χ0) is 46.6. The molecule has 1 aliphatic carbocycles. The molecule has 9 rings (SSSR count). The lowest BCUT2D eigenvalue weighted by atomic mass is 9.91. The van der Waals surface area contributed by atoms with Crippen molar-refractivity contribution in [1.29, 1.82) is 0 Å². The summed E-state index contributed by atoms with van der Waals surface area (Å²) in [5.74, 6) is 1.06. The van der Waals surface area contributed by atoms with Crippen LogP contribution in [-0.2, 0) is 19.1 Å². The third-order valence-corrected chi connectivity index (χ3v) is 13.8. The van der Waals surface area contributed by atoms with Gasteiger partial charge in [-0.05, 0) is 80.6 Å². The lowest BCUT2D eigenvalue weighted by molar-refractivity contribution is -0.138. The van der Waals surface area contributed by atoms with Crippen LogP contribution in [0.5, 0.6) is 0 Å². The molecule has 0 radical (unpaired) electrons. The standard InChI is InChI=1S/C42H64N16O8/c1-7-43-37(63)31-27(59)29(61)39(65-31)57-19-45-25-33(49-41(51-35(25)57)55-15-13-23(17-55)53(3)4)47-21-9-11-22(12-10-21)48-34-26-36(52-42(50-34)56-16-14-24(18-56)54(5)6)58(20-46-26)40-30(62)28(60)32(66-40)38(64)44-8-2/h19-24,27-32,39-40,59-62H,7-18H2,1-6H3,(H,43,63)(H,44,64)(H,47,49,51)(H,48,50,52)/t21?,22?,23-,24-,27+,28+,29-,30-,31+,32+,39-,40-/m1/s1. The predicted octanol–water partition coefficient (Wildman–Crippen LogP) is -1.41. The third-order valence-electron chi connectivity index (χ3n) is 13.8. The Morgan fingerprint density at radius 3 is 1.36 bits per heavy atom. The van der Waals surface area contributed by atoms with E-state index in [1.54, 1.807) is 23.0 Å². The SMILES string of the molecule is CCNC(=O)[C@H]1O[C@@H](n2cnc3c(NC4CCC(Nc5nc(N6CC[C@@H](N(C)C)C6)nc6c5ncn6[C@@H]5O[C@H](C(=O)NCC)[C@@H](O)[C@H]5O)CC4)nc(N4CC[C@@H](N(C)C)C4)nc32)[C@H](O)[C@@H]1O. The van der Waals surface area contributed by atoms with Gasteiger partial charge in [0.2, 0.25) is 11.9 Å². The van der Waals surface area contributed by atoms with E-state index in [4.69, 9.17) is 39.4 Å². The second kappa shape index (κ2) is 18.9. The number of imidazole rings is 2. The van der Waals surface area contributed by atoms with E-state index < -0.39 is 60.9 Å². The Hall–Kier alpha value is -5.08. The van der Waals surface area contributed by atoms with Crippen LogP contribution in [0.15, 0.2) is 12.7 Å². The summed E-state index contributed by atoms with van der Waals surface area (Å²) < 4.78 is 15.1. The van der Waals surface area contributed by atoms with E-state index in [1.165, 1.54) is 12.7 Å². The van der Waals surface area contributed by atoms with Gasteiger partial charge in [-0.3, -0.25) is 18.7 Å². The molecule has 0 aromatic carbocycles. The Balaban J connectivity index is 0.958. The molecular weight excluding hydrogens is 857 g/mol. The van der Waals surface area contributed by atoms with Gasteiger partial charge in [-0.25, -0.2) is 9.97 Å². The number of carbonyl (C=O) groups is 2. The number of amides is 2. The van der Waals surface area contributed by atoms with E-state index in [1.807, 2.05) is 0 Å². The highest BCUT2D eigenvalue weighted by Gasteiger charge is 2.49. The summed E-state index contributed by atoms with van der Waals surface area (Å²) in [5.41, 5.74) is 1.75. The molecule has 24 nitrogen and oxygen atoms in total. The first kappa shape index (κ1) is 46.0. The van der Waals surface area contributed by atoms with Crippen molar-refractivity contribution in [3.05, 3.63) is 12.7 Å². The topological polar surface area (TPSA) is 282 Å². The Bertz CT molecular complexity index is 2210. The van der Waals surface area contributed by atoms with E-state index in [9.17, 15) is 30.0 Å². The lowest BCUT2D eigenvalue weighted by Gasteiger charge is -2.31. The predicted molar refractivity (Wildman–Crippen MR) is 242 cm³/mol. The van der Waals surface area contributed by atoms with Crippen molar-refractivity contribution in [2.24, 2.45) is 0 Å². The van der Waals surface area contributed by atoms with Crippen LogP contribution in [0, 0.1) is 0 Å². The third kappa shape index (κ3) is 8.68. The van der Waals surface area contributed by atoms with Crippen LogP contribution in [0.1, 0.15) is 64.8 Å². The molecule has 4 aromatic heterocycles. The molecule has 8 heterocycles. The number of anilines is 4. The van der Waals surface area contributed by atoms with Gasteiger partial charge in [-0.1, -0.05) is 0 Å². The normalized spacial score (nSPS) is 31.5. The lowest BCUT2D eigenvalue weighted by Crippen LogP contribution is -2.42. The summed E-state index contributed by atoms with van der Waals surface area (Å²) in [6, 6.07) is 0.661. The van der Waals surface area contributed by atoms with Crippen molar-refractivity contribution in [1.82, 2.24) is 59.5 Å². The number of hydrogen-bond donors (Lipinski definition) is 8. The maximum atomic E-state index is 12.7. The fraction of sp³-hybridized carbons (Fsp3) is 0.714. The molecule has 0 unspecified atom stereocenters. The minimum Gasteiger partial charge on any atom is -0.387 e. The number of likely N-dealkylation sites (N-methyl/N-ethyl adjacent to an activating group) is 4. The Kier molecular flexibility index (Phi) is 13.2. The van der Waals surface area contributed by atoms with Crippen molar-refractivity contribution in [3.63, 3.8) is 0 Å². The summed E-state index contributed by atoms with van der Waals surface area (Å²) >= 11 is 0. The molecule has 1 saturated carbocycles. The van der Waals surface area contributed by atoms with Gasteiger partial charge in [0, 0.05) is 63.4 Å². The minimum absolute atomic E-state index is 0.0163. The molecule has 8 N–H and O–H groups in total. The Morgan fingerprint density at radius 1 is 0.621 bits per heavy atom. The molecule has 4 aromatic rings. The second-order valence-electron chi connectivity index (χ2n) is 18.6. The number of rotatable bonds is 14. The molecular formula is C42H64N16O8. The number of ether oxygens (including phenoxy) is 2. The van der Waals surface area contributed by atoms with Crippen molar-refractivity contribution in [2.45, 2.75) is 126 Å². The van der Waals surface area contributed by atoms with Crippen LogP contribution in [0.3, 0.4) is 0 Å². The van der Waals surface area contributed by atoms with Crippen LogP contribution in [-0.4, -0.2) is 209 Å². The summed E-state index contributed by atoms with van der Waals surface area (Å²) in [5, 5.41) is 56.7. The van der Waals surface area contributed by atoms with Gasteiger partial charge in [0.05, 0.1) is 12.7 Å².